The lowest BCUT2D eigenvalue weighted by Crippen LogP contribution is -2.31. The van der Waals surface area contributed by atoms with Gasteiger partial charge in [-0.3, -0.25) is 4.79 Å². The highest BCUT2D eigenvalue weighted by atomic mass is 35.5. The maximum atomic E-state index is 11.9. The van der Waals surface area contributed by atoms with Gasteiger partial charge in [0.2, 0.25) is 0 Å². The molecule has 0 radical (unpaired) electrons. The Morgan fingerprint density at radius 2 is 1.79 bits per heavy atom. The first-order chi connectivity index (χ1) is 11.5. The van der Waals surface area contributed by atoms with E-state index in [0.717, 1.165) is 12.0 Å². The SMILES string of the molecule is CCc1ccc([C@@H](C)NC(=O)COC(=O)c2ccccc2Cl)cc1. The molecule has 5 heteroatoms. The monoisotopic (exact) mass is 345 g/mol. The van der Waals surface area contributed by atoms with E-state index in [4.69, 9.17) is 16.3 Å². The van der Waals surface area contributed by atoms with E-state index in [-0.39, 0.29) is 24.1 Å². The molecular formula is C19H20ClNO3. The Morgan fingerprint density at radius 3 is 2.42 bits per heavy atom. The predicted octanol–water partition coefficient (Wildman–Crippen LogP) is 3.94. The largest absolute Gasteiger partial charge is 0.452 e. The Balaban J connectivity index is 1.86. The van der Waals surface area contributed by atoms with E-state index >= 15 is 0 Å². The van der Waals surface area contributed by atoms with Crippen molar-refractivity contribution in [2.45, 2.75) is 26.3 Å². The van der Waals surface area contributed by atoms with E-state index in [1.54, 1.807) is 24.3 Å². The summed E-state index contributed by atoms with van der Waals surface area (Å²) in [5.74, 6) is -0.974. The van der Waals surface area contributed by atoms with Crippen LogP contribution in [0.5, 0.6) is 0 Å². The zero-order valence-electron chi connectivity index (χ0n) is 13.7. The molecular weight excluding hydrogens is 326 g/mol. The van der Waals surface area contributed by atoms with Gasteiger partial charge in [0.25, 0.3) is 5.91 Å². The first-order valence-electron chi connectivity index (χ1n) is 7.81. The third-order valence-electron chi connectivity index (χ3n) is 3.69. The Morgan fingerprint density at radius 1 is 1.12 bits per heavy atom. The van der Waals surface area contributed by atoms with Gasteiger partial charge in [0.15, 0.2) is 6.61 Å². The third kappa shape index (κ3) is 4.83. The van der Waals surface area contributed by atoms with Gasteiger partial charge in [-0.15, -0.1) is 0 Å². The van der Waals surface area contributed by atoms with Gasteiger partial charge in [0.05, 0.1) is 16.6 Å². The van der Waals surface area contributed by atoms with Crippen molar-refractivity contribution in [3.05, 3.63) is 70.2 Å². The lowest BCUT2D eigenvalue weighted by molar-refractivity contribution is -0.124. The van der Waals surface area contributed by atoms with E-state index < -0.39 is 5.97 Å². The third-order valence-corrected chi connectivity index (χ3v) is 4.02. The van der Waals surface area contributed by atoms with E-state index in [0.29, 0.717) is 5.02 Å². The van der Waals surface area contributed by atoms with Gasteiger partial charge in [-0.1, -0.05) is 54.9 Å². The van der Waals surface area contributed by atoms with Crippen molar-refractivity contribution in [3.8, 4) is 0 Å². The molecule has 1 atom stereocenters. The van der Waals surface area contributed by atoms with Gasteiger partial charge < -0.3 is 10.1 Å². The number of hydrogen-bond acceptors (Lipinski definition) is 3. The van der Waals surface area contributed by atoms with Crippen molar-refractivity contribution in [1.82, 2.24) is 5.32 Å². The summed E-state index contributed by atoms with van der Waals surface area (Å²) in [6.45, 7) is 3.63. The van der Waals surface area contributed by atoms with Crippen LogP contribution in [0, 0.1) is 0 Å². The van der Waals surface area contributed by atoms with Crippen LogP contribution in [0.15, 0.2) is 48.5 Å². The lowest BCUT2D eigenvalue weighted by Gasteiger charge is -2.15. The molecule has 0 aromatic heterocycles. The number of halogens is 1. The molecule has 1 N–H and O–H groups in total. The summed E-state index contributed by atoms with van der Waals surface area (Å²) in [7, 11) is 0. The number of nitrogens with one attached hydrogen (secondary N) is 1. The Bertz CT molecular complexity index is 713. The molecule has 2 rings (SSSR count). The minimum absolute atomic E-state index is 0.164. The zero-order valence-corrected chi connectivity index (χ0v) is 14.5. The normalized spacial score (nSPS) is 11.6. The molecule has 24 heavy (non-hydrogen) atoms. The van der Waals surface area contributed by atoms with Crippen molar-refractivity contribution in [3.63, 3.8) is 0 Å². The van der Waals surface area contributed by atoms with Crippen LogP contribution >= 0.6 is 11.6 Å². The first-order valence-corrected chi connectivity index (χ1v) is 8.19. The molecule has 2 aromatic carbocycles. The summed E-state index contributed by atoms with van der Waals surface area (Å²) in [4.78, 5) is 23.9. The predicted molar refractivity (Wildman–Crippen MR) is 94.1 cm³/mol. The van der Waals surface area contributed by atoms with Gasteiger partial charge in [-0.05, 0) is 36.6 Å². The van der Waals surface area contributed by atoms with Crippen molar-refractivity contribution < 1.29 is 14.3 Å². The maximum Gasteiger partial charge on any atom is 0.340 e. The maximum absolute atomic E-state index is 11.9. The number of amides is 1. The van der Waals surface area contributed by atoms with Crippen LogP contribution in [-0.2, 0) is 16.0 Å². The highest BCUT2D eigenvalue weighted by molar-refractivity contribution is 6.33. The number of carbonyl (C=O) groups excluding carboxylic acids is 2. The Labute approximate surface area is 146 Å². The number of aryl methyl sites for hydroxylation is 1. The second-order valence-electron chi connectivity index (χ2n) is 5.44. The summed E-state index contributed by atoms with van der Waals surface area (Å²) in [5, 5.41) is 3.10. The summed E-state index contributed by atoms with van der Waals surface area (Å²) >= 11 is 5.92. The molecule has 1 amide bonds. The fourth-order valence-corrected chi connectivity index (χ4v) is 2.46. The number of benzene rings is 2. The number of hydrogen-bond donors (Lipinski definition) is 1. The van der Waals surface area contributed by atoms with Crippen LogP contribution in [0.3, 0.4) is 0 Å². The van der Waals surface area contributed by atoms with Crippen LogP contribution < -0.4 is 5.32 Å². The van der Waals surface area contributed by atoms with Gasteiger partial charge in [-0.2, -0.15) is 0 Å². The van der Waals surface area contributed by atoms with Gasteiger partial charge in [0, 0.05) is 0 Å². The molecule has 0 unspecified atom stereocenters. The zero-order chi connectivity index (χ0) is 17.5. The summed E-state index contributed by atoms with van der Waals surface area (Å²) in [6.07, 6.45) is 0.971. The molecule has 4 nitrogen and oxygen atoms in total. The highest BCUT2D eigenvalue weighted by Gasteiger charge is 2.15. The summed E-state index contributed by atoms with van der Waals surface area (Å²) in [6, 6.07) is 14.4. The molecule has 0 heterocycles. The molecule has 0 saturated heterocycles. The molecule has 2 aromatic rings. The molecule has 0 fully saturated rings. The van der Waals surface area contributed by atoms with E-state index in [1.807, 2.05) is 31.2 Å². The smallest absolute Gasteiger partial charge is 0.340 e. The summed E-state index contributed by atoms with van der Waals surface area (Å²) < 4.78 is 5.01. The van der Waals surface area contributed by atoms with Crippen molar-refractivity contribution >= 4 is 23.5 Å². The van der Waals surface area contributed by atoms with Gasteiger partial charge in [0.1, 0.15) is 0 Å². The topological polar surface area (TPSA) is 55.4 Å². The van der Waals surface area contributed by atoms with Gasteiger partial charge in [-0.25, -0.2) is 4.79 Å². The molecule has 0 aliphatic carbocycles. The molecule has 126 valence electrons. The molecule has 0 spiro atoms. The van der Waals surface area contributed by atoms with E-state index in [2.05, 4.69) is 12.2 Å². The average Bonchev–Trinajstić information content (AvgIpc) is 2.60. The number of carbonyl (C=O) groups is 2. The van der Waals surface area contributed by atoms with Crippen LogP contribution in [0.25, 0.3) is 0 Å². The number of esters is 1. The average molecular weight is 346 g/mol. The van der Waals surface area contributed by atoms with Crippen molar-refractivity contribution in [2.75, 3.05) is 6.61 Å². The van der Waals surface area contributed by atoms with Crippen LogP contribution in [0.1, 0.15) is 41.4 Å². The van der Waals surface area contributed by atoms with Crippen LogP contribution in [0.2, 0.25) is 5.02 Å². The first kappa shape index (κ1) is 18.0. The minimum atomic E-state index is -0.615. The van der Waals surface area contributed by atoms with Gasteiger partial charge >= 0.3 is 5.97 Å². The second kappa shape index (κ2) is 8.50. The standard InChI is InChI=1S/C19H20ClNO3/c1-3-14-8-10-15(11-9-14)13(2)21-18(22)12-24-19(23)16-6-4-5-7-17(16)20/h4-11,13H,3,12H2,1-2H3,(H,21,22)/t13-/m1/s1. The Hall–Kier alpha value is -2.33. The molecule has 0 bridgehead atoms. The van der Waals surface area contributed by atoms with Crippen molar-refractivity contribution in [1.29, 1.82) is 0 Å². The van der Waals surface area contributed by atoms with Crippen molar-refractivity contribution in [2.24, 2.45) is 0 Å². The van der Waals surface area contributed by atoms with E-state index in [9.17, 15) is 9.59 Å². The minimum Gasteiger partial charge on any atom is -0.452 e. The van der Waals surface area contributed by atoms with Crippen LogP contribution in [0.4, 0.5) is 0 Å². The Kier molecular flexibility index (Phi) is 6.38. The van der Waals surface area contributed by atoms with E-state index in [1.165, 1.54) is 5.56 Å². The fourth-order valence-electron chi connectivity index (χ4n) is 2.24. The highest BCUT2D eigenvalue weighted by Crippen LogP contribution is 2.16. The number of ether oxygens (including phenoxy) is 1. The molecule has 0 saturated carbocycles. The van der Waals surface area contributed by atoms with Crippen LogP contribution in [-0.4, -0.2) is 18.5 Å². The fraction of sp³-hybridized carbons (Fsp3) is 0.263. The quantitative estimate of drug-likeness (QED) is 0.807. The molecule has 0 aliphatic rings. The lowest BCUT2D eigenvalue weighted by atomic mass is 10.1. The second-order valence-corrected chi connectivity index (χ2v) is 5.85. The summed E-state index contributed by atoms with van der Waals surface area (Å²) in [5.41, 5.74) is 2.49. The number of rotatable bonds is 6. The molecule has 0 aliphatic heterocycles.